The summed E-state index contributed by atoms with van der Waals surface area (Å²) in [4.78, 5) is 0. The highest BCUT2D eigenvalue weighted by Gasteiger charge is 2.41. The molecule has 0 amide bonds. The average molecular weight is 252 g/mol. The first-order valence-corrected chi connectivity index (χ1v) is 6.52. The largest absolute Gasteiger partial charge is 0.391 e. The van der Waals surface area contributed by atoms with Crippen molar-refractivity contribution in [2.24, 2.45) is 11.8 Å². The van der Waals surface area contributed by atoms with Gasteiger partial charge in [-0.25, -0.2) is 0 Å². The van der Waals surface area contributed by atoms with Crippen LogP contribution in [0.2, 0.25) is 0 Å². The minimum Gasteiger partial charge on any atom is -0.316 e. The van der Waals surface area contributed by atoms with E-state index < -0.39 is 12.1 Å². The van der Waals surface area contributed by atoms with Gasteiger partial charge >= 0.3 is 6.18 Å². The summed E-state index contributed by atoms with van der Waals surface area (Å²) in [6.45, 7) is 5.69. The molecule has 1 rings (SSSR count). The van der Waals surface area contributed by atoms with Gasteiger partial charge in [-0.05, 0) is 44.7 Å². The van der Waals surface area contributed by atoms with Crippen LogP contribution in [0, 0.1) is 11.8 Å². The van der Waals surface area contributed by atoms with Crippen LogP contribution in [-0.2, 0) is 0 Å². The second-order valence-corrected chi connectivity index (χ2v) is 4.82. The van der Waals surface area contributed by atoms with Crippen molar-refractivity contribution < 1.29 is 13.2 Å². The minimum absolute atomic E-state index is 0.309. The molecule has 2 N–H and O–H groups in total. The Morgan fingerprint density at radius 3 is 2.12 bits per heavy atom. The number of rotatable bonds is 6. The van der Waals surface area contributed by atoms with E-state index in [0.29, 0.717) is 31.6 Å². The Morgan fingerprint density at radius 2 is 1.59 bits per heavy atom. The van der Waals surface area contributed by atoms with E-state index in [1.54, 1.807) is 0 Å². The third kappa shape index (κ3) is 5.73. The molecule has 0 atom stereocenters. The Morgan fingerprint density at radius 1 is 1.00 bits per heavy atom. The van der Waals surface area contributed by atoms with Gasteiger partial charge in [0, 0.05) is 13.1 Å². The summed E-state index contributed by atoms with van der Waals surface area (Å²) in [6, 6.07) is 0. The van der Waals surface area contributed by atoms with E-state index in [4.69, 9.17) is 0 Å². The van der Waals surface area contributed by atoms with Crippen LogP contribution in [0.1, 0.15) is 32.6 Å². The van der Waals surface area contributed by atoms with Gasteiger partial charge in [0.1, 0.15) is 0 Å². The summed E-state index contributed by atoms with van der Waals surface area (Å²) in [5.41, 5.74) is 0. The van der Waals surface area contributed by atoms with Gasteiger partial charge in [-0.2, -0.15) is 13.2 Å². The van der Waals surface area contributed by atoms with E-state index in [-0.39, 0.29) is 0 Å². The third-order valence-electron chi connectivity index (χ3n) is 3.47. The summed E-state index contributed by atoms with van der Waals surface area (Å²) < 4.78 is 37.3. The Balaban J connectivity index is 2.07. The van der Waals surface area contributed by atoms with Crippen LogP contribution in [0.5, 0.6) is 0 Å². The summed E-state index contributed by atoms with van der Waals surface area (Å²) in [5, 5.41) is 6.50. The SMILES string of the molecule is CCNCCNCC1CCC(C(F)(F)F)CC1. The fraction of sp³-hybridized carbons (Fsp3) is 1.00. The van der Waals surface area contributed by atoms with Gasteiger partial charge in [0.25, 0.3) is 0 Å². The molecule has 0 aromatic heterocycles. The van der Waals surface area contributed by atoms with Gasteiger partial charge in [0.2, 0.25) is 0 Å². The molecule has 0 aromatic rings. The van der Waals surface area contributed by atoms with Crippen LogP contribution in [0.15, 0.2) is 0 Å². The monoisotopic (exact) mass is 252 g/mol. The molecule has 0 spiro atoms. The van der Waals surface area contributed by atoms with Crippen molar-refractivity contribution in [3.8, 4) is 0 Å². The van der Waals surface area contributed by atoms with Crippen LogP contribution in [0.3, 0.4) is 0 Å². The molecule has 1 saturated carbocycles. The normalized spacial score (nSPS) is 26.1. The quantitative estimate of drug-likeness (QED) is 0.710. The minimum atomic E-state index is -3.98. The molecular formula is C12H23F3N2. The molecule has 0 unspecified atom stereocenters. The first-order valence-electron chi connectivity index (χ1n) is 6.52. The van der Waals surface area contributed by atoms with Gasteiger partial charge in [0.15, 0.2) is 0 Å². The lowest BCUT2D eigenvalue weighted by atomic mass is 9.81. The third-order valence-corrected chi connectivity index (χ3v) is 3.47. The van der Waals surface area contributed by atoms with E-state index in [1.165, 1.54) is 0 Å². The van der Waals surface area contributed by atoms with Crippen LogP contribution >= 0.6 is 0 Å². The number of likely N-dealkylation sites (N-methyl/N-ethyl adjacent to an activating group) is 1. The van der Waals surface area contributed by atoms with E-state index in [9.17, 15) is 13.2 Å². The smallest absolute Gasteiger partial charge is 0.316 e. The lowest BCUT2D eigenvalue weighted by molar-refractivity contribution is -0.183. The molecule has 17 heavy (non-hydrogen) atoms. The number of alkyl halides is 3. The van der Waals surface area contributed by atoms with E-state index in [2.05, 4.69) is 17.6 Å². The van der Waals surface area contributed by atoms with Gasteiger partial charge in [-0.3, -0.25) is 0 Å². The van der Waals surface area contributed by atoms with Crippen molar-refractivity contribution in [2.75, 3.05) is 26.2 Å². The maximum atomic E-state index is 12.4. The van der Waals surface area contributed by atoms with Crippen molar-refractivity contribution in [1.29, 1.82) is 0 Å². The molecule has 0 bridgehead atoms. The summed E-state index contributed by atoms with van der Waals surface area (Å²) in [6.07, 6.45) is -1.95. The standard InChI is InChI=1S/C12H23F3N2/c1-2-16-7-8-17-9-10-3-5-11(6-4-10)12(13,14)15/h10-11,16-17H,2-9H2,1H3. The predicted molar refractivity (Wildman–Crippen MR) is 62.9 cm³/mol. The van der Waals surface area contributed by atoms with Crippen LogP contribution in [0.25, 0.3) is 0 Å². The molecule has 0 radical (unpaired) electrons. The maximum Gasteiger partial charge on any atom is 0.391 e. The summed E-state index contributed by atoms with van der Waals surface area (Å²) in [7, 11) is 0. The molecule has 0 aromatic carbocycles. The van der Waals surface area contributed by atoms with Crippen LogP contribution < -0.4 is 10.6 Å². The summed E-state index contributed by atoms with van der Waals surface area (Å²) >= 11 is 0. The Labute approximate surface area is 101 Å². The first-order chi connectivity index (χ1) is 8.04. The van der Waals surface area contributed by atoms with Crippen LogP contribution in [-0.4, -0.2) is 32.4 Å². The van der Waals surface area contributed by atoms with Crippen LogP contribution in [0.4, 0.5) is 13.2 Å². The van der Waals surface area contributed by atoms with Crippen molar-refractivity contribution in [3.05, 3.63) is 0 Å². The lowest BCUT2D eigenvalue weighted by Gasteiger charge is -2.29. The number of halogens is 3. The maximum absolute atomic E-state index is 12.4. The van der Waals surface area contributed by atoms with Gasteiger partial charge in [0.05, 0.1) is 5.92 Å². The number of hydrogen-bond acceptors (Lipinski definition) is 2. The predicted octanol–water partition coefficient (Wildman–Crippen LogP) is 2.55. The second kappa shape index (κ2) is 7.21. The molecule has 1 fully saturated rings. The van der Waals surface area contributed by atoms with Gasteiger partial charge in [-0.15, -0.1) is 0 Å². The zero-order valence-corrected chi connectivity index (χ0v) is 10.4. The lowest BCUT2D eigenvalue weighted by Crippen LogP contribution is -2.34. The Hall–Kier alpha value is -0.290. The molecular weight excluding hydrogens is 229 g/mol. The average Bonchev–Trinajstić information content (AvgIpc) is 2.28. The van der Waals surface area contributed by atoms with Gasteiger partial charge in [-0.1, -0.05) is 6.92 Å². The fourth-order valence-corrected chi connectivity index (χ4v) is 2.35. The number of hydrogen-bond donors (Lipinski definition) is 2. The molecule has 0 aliphatic heterocycles. The van der Waals surface area contributed by atoms with Crippen molar-refractivity contribution in [2.45, 2.75) is 38.8 Å². The highest BCUT2D eigenvalue weighted by molar-refractivity contribution is 4.78. The second-order valence-electron chi connectivity index (χ2n) is 4.82. The molecule has 5 heteroatoms. The van der Waals surface area contributed by atoms with Crippen molar-refractivity contribution in [3.63, 3.8) is 0 Å². The Kier molecular flexibility index (Phi) is 6.27. The zero-order valence-electron chi connectivity index (χ0n) is 10.4. The van der Waals surface area contributed by atoms with E-state index in [1.807, 2.05) is 0 Å². The van der Waals surface area contributed by atoms with E-state index in [0.717, 1.165) is 26.2 Å². The molecule has 0 heterocycles. The van der Waals surface area contributed by atoms with Gasteiger partial charge < -0.3 is 10.6 Å². The highest BCUT2D eigenvalue weighted by atomic mass is 19.4. The topological polar surface area (TPSA) is 24.1 Å². The Bertz CT molecular complexity index is 198. The van der Waals surface area contributed by atoms with Crippen molar-refractivity contribution in [1.82, 2.24) is 10.6 Å². The number of nitrogens with one attached hydrogen (secondary N) is 2. The molecule has 2 nitrogen and oxygen atoms in total. The molecule has 1 aliphatic rings. The summed E-state index contributed by atoms with van der Waals surface area (Å²) in [5.74, 6) is -0.629. The molecule has 102 valence electrons. The fourth-order valence-electron chi connectivity index (χ4n) is 2.35. The first kappa shape index (κ1) is 14.8. The molecule has 1 aliphatic carbocycles. The van der Waals surface area contributed by atoms with E-state index >= 15 is 0 Å². The molecule has 0 saturated heterocycles. The van der Waals surface area contributed by atoms with Crippen molar-refractivity contribution >= 4 is 0 Å². The zero-order chi connectivity index (χ0) is 12.7. The highest BCUT2D eigenvalue weighted by Crippen LogP contribution is 2.39.